The van der Waals surface area contributed by atoms with E-state index in [9.17, 15) is 4.79 Å². The molecule has 4 rings (SSSR count). The molecule has 2 aliphatic heterocycles. The molecule has 2 aliphatic rings. The van der Waals surface area contributed by atoms with Crippen LogP contribution < -0.4 is 5.32 Å². The highest BCUT2D eigenvalue weighted by molar-refractivity contribution is 6.31. The first kappa shape index (κ1) is 20.3. The van der Waals surface area contributed by atoms with E-state index in [4.69, 9.17) is 21.1 Å². The molecule has 0 radical (unpaired) electrons. The standard InChI is InChI=1S/C22H26ClN3O3/c23-20-6-2-1-4-18(20)14-26-10-11-28-16-22(15-26)8-7-19(29-22)13-25-21(27)17-5-3-9-24-12-17/h1-6,9,12,19H,7-8,10-11,13-16H2,(H,25,27)/t19-,22-/m0/s1. The number of hydrogen-bond acceptors (Lipinski definition) is 5. The zero-order valence-electron chi connectivity index (χ0n) is 16.4. The van der Waals surface area contributed by atoms with Gasteiger partial charge in [0.25, 0.3) is 5.91 Å². The van der Waals surface area contributed by atoms with Crippen LogP contribution in [0.25, 0.3) is 0 Å². The van der Waals surface area contributed by atoms with E-state index in [1.165, 1.54) is 0 Å². The lowest BCUT2D eigenvalue weighted by atomic mass is 10.00. The van der Waals surface area contributed by atoms with Crippen molar-refractivity contribution >= 4 is 17.5 Å². The van der Waals surface area contributed by atoms with Gasteiger partial charge in [-0.2, -0.15) is 0 Å². The fourth-order valence-electron chi connectivity index (χ4n) is 4.05. The van der Waals surface area contributed by atoms with E-state index >= 15 is 0 Å². The predicted molar refractivity (Wildman–Crippen MR) is 111 cm³/mol. The molecule has 1 spiro atoms. The second-order valence-electron chi connectivity index (χ2n) is 7.77. The Balaban J connectivity index is 1.34. The van der Waals surface area contributed by atoms with Gasteiger partial charge in [-0.3, -0.25) is 14.7 Å². The topological polar surface area (TPSA) is 63.7 Å². The zero-order valence-corrected chi connectivity index (χ0v) is 17.1. The third kappa shape index (κ3) is 5.14. The molecule has 2 atom stereocenters. The summed E-state index contributed by atoms with van der Waals surface area (Å²) in [5.41, 5.74) is 1.34. The molecule has 154 valence electrons. The predicted octanol–water partition coefficient (Wildman–Crippen LogP) is 2.92. The second kappa shape index (κ2) is 9.22. The van der Waals surface area contributed by atoms with Crippen molar-refractivity contribution in [3.8, 4) is 0 Å². The van der Waals surface area contributed by atoms with E-state index < -0.39 is 0 Å². The molecule has 2 fully saturated rings. The van der Waals surface area contributed by atoms with Crippen LogP contribution in [0, 0.1) is 0 Å². The first-order valence-electron chi connectivity index (χ1n) is 10.0. The molecule has 6 nitrogen and oxygen atoms in total. The molecule has 0 aliphatic carbocycles. The normalized spacial score (nSPS) is 25.1. The van der Waals surface area contributed by atoms with Crippen LogP contribution in [-0.2, 0) is 16.0 Å². The van der Waals surface area contributed by atoms with Gasteiger partial charge < -0.3 is 14.8 Å². The van der Waals surface area contributed by atoms with Crippen molar-refractivity contribution < 1.29 is 14.3 Å². The van der Waals surface area contributed by atoms with E-state index in [0.717, 1.165) is 43.1 Å². The van der Waals surface area contributed by atoms with Crippen LogP contribution in [0.3, 0.4) is 0 Å². The van der Waals surface area contributed by atoms with Crippen LogP contribution in [0.2, 0.25) is 5.02 Å². The highest BCUT2D eigenvalue weighted by Crippen LogP contribution is 2.33. The molecule has 1 amide bonds. The van der Waals surface area contributed by atoms with Crippen LogP contribution in [0.1, 0.15) is 28.8 Å². The minimum atomic E-state index is -0.332. The molecule has 0 bridgehead atoms. The number of halogens is 1. The number of ether oxygens (including phenoxy) is 2. The van der Waals surface area contributed by atoms with Crippen molar-refractivity contribution in [2.75, 3.05) is 32.8 Å². The number of aromatic nitrogens is 1. The number of hydrogen-bond donors (Lipinski definition) is 1. The number of carbonyl (C=O) groups is 1. The summed E-state index contributed by atoms with van der Waals surface area (Å²) in [6.45, 7) is 4.16. The summed E-state index contributed by atoms with van der Waals surface area (Å²) < 4.78 is 12.3. The summed E-state index contributed by atoms with van der Waals surface area (Å²) in [6, 6.07) is 11.5. The van der Waals surface area contributed by atoms with Gasteiger partial charge in [-0.1, -0.05) is 29.8 Å². The third-order valence-corrected chi connectivity index (χ3v) is 5.90. The van der Waals surface area contributed by atoms with Gasteiger partial charge in [0, 0.05) is 43.6 Å². The molecule has 29 heavy (non-hydrogen) atoms. The van der Waals surface area contributed by atoms with Crippen molar-refractivity contribution in [2.24, 2.45) is 0 Å². The van der Waals surface area contributed by atoms with Crippen molar-refractivity contribution in [3.63, 3.8) is 0 Å². The maximum atomic E-state index is 12.3. The number of carbonyl (C=O) groups excluding carboxylic acids is 1. The highest BCUT2D eigenvalue weighted by Gasteiger charge is 2.43. The summed E-state index contributed by atoms with van der Waals surface area (Å²) in [6.07, 6.45) is 5.02. The van der Waals surface area contributed by atoms with Crippen molar-refractivity contribution in [1.82, 2.24) is 15.2 Å². The zero-order chi connectivity index (χ0) is 20.1. The largest absolute Gasteiger partial charge is 0.377 e. The Kier molecular flexibility index (Phi) is 6.45. The van der Waals surface area contributed by atoms with E-state index in [2.05, 4.69) is 21.3 Å². The fraction of sp³-hybridized carbons (Fsp3) is 0.455. The molecule has 2 saturated heterocycles. The smallest absolute Gasteiger partial charge is 0.252 e. The summed E-state index contributed by atoms with van der Waals surface area (Å²) in [5, 5.41) is 3.75. The van der Waals surface area contributed by atoms with Crippen LogP contribution in [0.15, 0.2) is 48.8 Å². The molecule has 1 N–H and O–H groups in total. The average molecular weight is 416 g/mol. The first-order valence-corrected chi connectivity index (χ1v) is 10.4. The minimum Gasteiger partial charge on any atom is -0.377 e. The van der Waals surface area contributed by atoms with Crippen LogP contribution >= 0.6 is 11.6 Å². The molecule has 1 aromatic heterocycles. The lowest BCUT2D eigenvalue weighted by Gasteiger charge is -2.32. The van der Waals surface area contributed by atoms with Gasteiger partial charge in [0.1, 0.15) is 5.60 Å². The monoisotopic (exact) mass is 415 g/mol. The molecular formula is C22H26ClN3O3. The van der Waals surface area contributed by atoms with Crippen LogP contribution in [-0.4, -0.2) is 60.3 Å². The SMILES string of the molecule is O=C(NC[C@@H]1CC[C@]2(COCCN(Cc3ccccc3Cl)C2)O1)c1cccnc1. The Morgan fingerprint density at radius 2 is 2.21 bits per heavy atom. The van der Waals surface area contributed by atoms with E-state index in [1.807, 2.05) is 18.2 Å². The summed E-state index contributed by atoms with van der Waals surface area (Å²) in [5.74, 6) is -0.125. The molecule has 1 aromatic carbocycles. The molecule has 0 unspecified atom stereocenters. The van der Waals surface area contributed by atoms with Gasteiger partial charge in [0.05, 0.1) is 24.9 Å². The Morgan fingerprint density at radius 1 is 1.31 bits per heavy atom. The number of amides is 1. The molecule has 3 heterocycles. The molecule has 2 aromatic rings. The highest BCUT2D eigenvalue weighted by atomic mass is 35.5. The average Bonchev–Trinajstić information content (AvgIpc) is 3.03. The lowest BCUT2D eigenvalue weighted by molar-refractivity contribution is -0.0849. The molecule has 7 heteroatoms. The fourth-order valence-corrected chi connectivity index (χ4v) is 4.25. The van der Waals surface area contributed by atoms with Gasteiger partial charge in [-0.15, -0.1) is 0 Å². The van der Waals surface area contributed by atoms with Crippen molar-refractivity contribution in [3.05, 3.63) is 64.9 Å². The Hall–Kier alpha value is -1.99. The number of rotatable bonds is 5. The summed E-state index contributed by atoms with van der Waals surface area (Å²) in [4.78, 5) is 18.6. The summed E-state index contributed by atoms with van der Waals surface area (Å²) >= 11 is 6.35. The first-order chi connectivity index (χ1) is 14.1. The molecule has 0 saturated carbocycles. The quantitative estimate of drug-likeness (QED) is 0.813. The second-order valence-corrected chi connectivity index (χ2v) is 8.18. The number of pyridine rings is 1. The van der Waals surface area contributed by atoms with Gasteiger partial charge in [-0.25, -0.2) is 0 Å². The van der Waals surface area contributed by atoms with Gasteiger partial charge in [-0.05, 0) is 36.6 Å². The van der Waals surface area contributed by atoms with Crippen LogP contribution in [0.5, 0.6) is 0 Å². The molecular weight excluding hydrogens is 390 g/mol. The van der Waals surface area contributed by atoms with Gasteiger partial charge in [0.15, 0.2) is 0 Å². The van der Waals surface area contributed by atoms with E-state index in [1.54, 1.807) is 24.5 Å². The lowest BCUT2D eigenvalue weighted by Crippen LogP contribution is -2.45. The maximum Gasteiger partial charge on any atom is 0.252 e. The Morgan fingerprint density at radius 3 is 3.03 bits per heavy atom. The Labute approximate surface area is 176 Å². The van der Waals surface area contributed by atoms with E-state index in [0.29, 0.717) is 25.3 Å². The number of benzene rings is 1. The van der Waals surface area contributed by atoms with Gasteiger partial charge in [0.2, 0.25) is 0 Å². The number of nitrogens with zero attached hydrogens (tertiary/aromatic N) is 2. The van der Waals surface area contributed by atoms with Crippen molar-refractivity contribution in [1.29, 1.82) is 0 Å². The number of nitrogens with one attached hydrogen (secondary N) is 1. The van der Waals surface area contributed by atoms with Crippen molar-refractivity contribution in [2.45, 2.75) is 31.1 Å². The van der Waals surface area contributed by atoms with E-state index in [-0.39, 0.29) is 17.6 Å². The Bertz CT molecular complexity index is 835. The minimum absolute atomic E-state index is 0.0144. The third-order valence-electron chi connectivity index (χ3n) is 5.53. The van der Waals surface area contributed by atoms with Gasteiger partial charge >= 0.3 is 0 Å². The van der Waals surface area contributed by atoms with Crippen LogP contribution in [0.4, 0.5) is 0 Å². The summed E-state index contributed by atoms with van der Waals surface area (Å²) in [7, 11) is 0. The maximum absolute atomic E-state index is 12.3.